The van der Waals surface area contributed by atoms with E-state index in [2.05, 4.69) is 6.58 Å². The maximum Gasteiger partial charge on any atom is 0.143 e. The van der Waals surface area contributed by atoms with Gasteiger partial charge in [0.2, 0.25) is 0 Å². The van der Waals surface area contributed by atoms with Gasteiger partial charge in [0.25, 0.3) is 0 Å². The molecule has 0 aliphatic heterocycles. The molecular formula is C12H18O. The standard InChI is InChI=1S/C12H18O/c1-2-12(9-5-8-11(12)13)10-6-3-4-7-10/h2,10H,1,3-9H2. The Bertz CT molecular complexity index is 225. The van der Waals surface area contributed by atoms with Crippen molar-refractivity contribution in [1.29, 1.82) is 0 Å². The Hall–Kier alpha value is -0.590. The lowest BCUT2D eigenvalue weighted by atomic mass is 9.72. The van der Waals surface area contributed by atoms with Crippen LogP contribution in [0.15, 0.2) is 12.7 Å². The number of carbonyl (C=O) groups is 1. The van der Waals surface area contributed by atoms with Crippen LogP contribution in [0.25, 0.3) is 0 Å². The molecule has 0 bridgehead atoms. The molecule has 1 heteroatoms. The summed E-state index contributed by atoms with van der Waals surface area (Å²) in [6.45, 7) is 3.89. The van der Waals surface area contributed by atoms with Gasteiger partial charge in [-0.15, -0.1) is 6.58 Å². The summed E-state index contributed by atoms with van der Waals surface area (Å²) in [6.07, 6.45) is 10.0. The highest BCUT2D eigenvalue weighted by molar-refractivity contribution is 5.89. The summed E-state index contributed by atoms with van der Waals surface area (Å²) in [4.78, 5) is 11.8. The molecule has 2 aliphatic carbocycles. The zero-order chi connectivity index (χ0) is 9.31. The van der Waals surface area contributed by atoms with Crippen LogP contribution in [0.1, 0.15) is 44.9 Å². The Kier molecular flexibility index (Phi) is 2.27. The van der Waals surface area contributed by atoms with Gasteiger partial charge in [-0.3, -0.25) is 4.79 Å². The number of rotatable bonds is 2. The van der Waals surface area contributed by atoms with Crippen LogP contribution in [0.3, 0.4) is 0 Å². The van der Waals surface area contributed by atoms with Crippen molar-refractivity contribution in [3.8, 4) is 0 Å². The largest absolute Gasteiger partial charge is 0.299 e. The van der Waals surface area contributed by atoms with Crippen molar-refractivity contribution >= 4 is 5.78 Å². The van der Waals surface area contributed by atoms with Gasteiger partial charge in [0.05, 0.1) is 0 Å². The van der Waals surface area contributed by atoms with Crippen LogP contribution in [0.2, 0.25) is 0 Å². The number of carbonyl (C=O) groups excluding carboxylic acids is 1. The van der Waals surface area contributed by atoms with E-state index in [1.807, 2.05) is 6.08 Å². The van der Waals surface area contributed by atoms with E-state index < -0.39 is 0 Å². The fourth-order valence-corrected chi connectivity index (χ4v) is 3.17. The maximum absolute atomic E-state index is 11.8. The van der Waals surface area contributed by atoms with Crippen molar-refractivity contribution in [1.82, 2.24) is 0 Å². The van der Waals surface area contributed by atoms with E-state index in [-0.39, 0.29) is 5.41 Å². The molecule has 0 aromatic rings. The summed E-state index contributed by atoms with van der Waals surface area (Å²) in [7, 11) is 0. The predicted octanol–water partition coefficient (Wildman–Crippen LogP) is 3.10. The monoisotopic (exact) mass is 178 g/mol. The smallest absolute Gasteiger partial charge is 0.143 e. The van der Waals surface area contributed by atoms with Crippen LogP contribution in [0.4, 0.5) is 0 Å². The van der Waals surface area contributed by atoms with Crippen molar-refractivity contribution in [3.05, 3.63) is 12.7 Å². The highest BCUT2D eigenvalue weighted by Crippen LogP contribution is 2.49. The fraction of sp³-hybridized carbons (Fsp3) is 0.750. The number of Topliss-reactive ketones (excluding diaryl/α,β-unsaturated/α-hetero) is 1. The molecule has 2 aliphatic rings. The second kappa shape index (κ2) is 3.28. The number of hydrogen-bond donors (Lipinski definition) is 0. The Balaban J connectivity index is 2.22. The first-order chi connectivity index (χ1) is 6.29. The van der Waals surface area contributed by atoms with E-state index in [9.17, 15) is 4.79 Å². The third-order valence-corrected chi connectivity index (χ3v) is 3.96. The Morgan fingerprint density at radius 1 is 1.31 bits per heavy atom. The summed E-state index contributed by atoms with van der Waals surface area (Å²) in [6, 6.07) is 0. The van der Waals surface area contributed by atoms with Crippen molar-refractivity contribution in [2.45, 2.75) is 44.9 Å². The first-order valence-corrected chi connectivity index (χ1v) is 5.46. The Morgan fingerprint density at radius 3 is 2.46 bits per heavy atom. The van der Waals surface area contributed by atoms with Crippen LogP contribution in [-0.4, -0.2) is 5.78 Å². The van der Waals surface area contributed by atoms with Crippen molar-refractivity contribution in [3.63, 3.8) is 0 Å². The van der Waals surface area contributed by atoms with Gasteiger partial charge in [-0.2, -0.15) is 0 Å². The topological polar surface area (TPSA) is 17.1 Å². The lowest BCUT2D eigenvalue weighted by Gasteiger charge is -2.30. The van der Waals surface area contributed by atoms with Crippen LogP contribution in [0.5, 0.6) is 0 Å². The fourth-order valence-electron chi connectivity index (χ4n) is 3.17. The predicted molar refractivity (Wildman–Crippen MR) is 53.4 cm³/mol. The lowest BCUT2D eigenvalue weighted by molar-refractivity contribution is -0.125. The van der Waals surface area contributed by atoms with Crippen LogP contribution in [-0.2, 0) is 4.79 Å². The zero-order valence-electron chi connectivity index (χ0n) is 8.22. The molecule has 72 valence electrons. The molecule has 1 atom stereocenters. The maximum atomic E-state index is 11.8. The molecule has 2 rings (SSSR count). The van der Waals surface area contributed by atoms with Gasteiger partial charge in [-0.05, 0) is 31.6 Å². The van der Waals surface area contributed by atoms with E-state index in [0.29, 0.717) is 11.7 Å². The van der Waals surface area contributed by atoms with Crippen molar-refractivity contribution in [2.24, 2.45) is 11.3 Å². The second-order valence-corrected chi connectivity index (χ2v) is 4.50. The van der Waals surface area contributed by atoms with Gasteiger partial charge in [0, 0.05) is 11.8 Å². The molecule has 0 aromatic carbocycles. The molecule has 13 heavy (non-hydrogen) atoms. The van der Waals surface area contributed by atoms with Crippen LogP contribution < -0.4 is 0 Å². The van der Waals surface area contributed by atoms with Crippen molar-refractivity contribution in [2.75, 3.05) is 0 Å². The summed E-state index contributed by atoms with van der Waals surface area (Å²) >= 11 is 0. The Labute approximate surface area is 80.2 Å². The van der Waals surface area contributed by atoms with E-state index in [1.54, 1.807) is 0 Å². The molecule has 0 amide bonds. The normalized spacial score (nSPS) is 35.5. The third-order valence-electron chi connectivity index (χ3n) is 3.96. The third kappa shape index (κ3) is 1.25. The molecule has 1 nitrogen and oxygen atoms in total. The summed E-state index contributed by atoms with van der Waals surface area (Å²) in [5, 5.41) is 0. The van der Waals surface area contributed by atoms with Crippen molar-refractivity contribution < 1.29 is 4.79 Å². The van der Waals surface area contributed by atoms with E-state index >= 15 is 0 Å². The molecule has 0 heterocycles. The Morgan fingerprint density at radius 2 is 2.00 bits per heavy atom. The van der Waals surface area contributed by atoms with E-state index in [1.165, 1.54) is 25.7 Å². The molecule has 1 unspecified atom stereocenters. The number of allylic oxidation sites excluding steroid dienone is 1. The van der Waals surface area contributed by atoms with Gasteiger partial charge < -0.3 is 0 Å². The van der Waals surface area contributed by atoms with Gasteiger partial charge >= 0.3 is 0 Å². The molecule has 0 saturated heterocycles. The van der Waals surface area contributed by atoms with Crippen LogP contribution in [0, 0.1) is 11.3 Å². The first-order valence-electron chi connectivity index (χ1n) is 5.46. The average Bonchev–Trinajstić information content (AvgIpc) is 2.73. The molecule has 0 aromatic heterocycles. The SMILES string of the molecule is C=CC1(C2CCCC2)CCCC1=O. The minimum Gasteiger partial charge on any atom is -0.299 e. The van der Waals surface area contributed by atoms with Gasteiger partial charge in [0.15, 0.2) is 0 Å². The second-order valence-electron chi connectivity index (χ2n) is 4.50. The molecular weight excluding hydrogens is 160 g/mol. The average molecular weight is 178 g/mol. The highest BCUT2D eigenvalue weighted by atomic mass is 16.1. The first kappa shape index (κ1) is 8.98. The lowest BCUT2D eigenvalue weighted by Crippen LogP contribution is -2.30. The molecule has 0 N–H and O–H groups in total. The van der Waals surface area contributed by atoms with Crippen LogP contribution >= 0.6 is 0 Å². The minimum absolute atomic E-state index is 0.101. The molecule has 2 saturated carbocycles. The number of ketones is 1. The van der Waals surface area contributed by atoms with E-state index in [0.717, 1.165) is 19.3 Å². The quantitative estimate of drug-likeness (QED) is 0.594. The van der Waals surface area contributed by atoms with E-state index in [4.69, 9.17) is 0 Å². The van der Waals surface area contributed by atoms with Gasteiger partial charge in [-0.1, -0.05) is 18.9 Å². The zero-order valence-corrected chi connectivity index (χ0v) is 8.22. The summed E-state index contributed by atoms with van der Waals surface area (Å²) < 4.78 is 0. The number of hydrogen-bond acceptors (Lipinski definition) is 1. The van der Waals surface area contributed by atoms with Gasteiger partial charge in [-0.25, -0.2) is 0 Å². The molecule has 0 spiro atoms. The van der Waals surface area contributed by atoms with Gasteiger partial charge in [0.1, 0.15) is 5.78 Å². The summed E-state index contributed by atoms with van der Waals surface area (Å²) in [5.41, 5.74) is -0.101. The summed E-state index contributed by atoms with van der Waals surface area (Å²) in [5.74, 6) is 1.09. The molecule has 2 fully saturated rings. The molecule has 0 radical (unpaired) electrons. The highest BCUT2D eigenvalue weighted by Gasteiger charge is 2.46. The minimum atomic E-state index is -0.101.